The zero-order valence-corrected chi connectivity index (χ0v) is 14.4. The quantitative estimate of drug-likeness (QED) is 0.666. The first-order chi connectivity index (χ1) is 13.0. The number of imide groups is 1. The molecule has 8 heteroatoms. The highest BCUT2D eigenvalue weighted by atomic mass is 19.1. The van der Waals surface area contributed by atoms with E-state index >= 15 is 0 Å². The molecule has 1 fully saturated rings. The number of hydrogen-bond acceptors (Lipinski definition) is 4. The molecule has 7 nitrogen and oxygen atoms in total. The van der Waals surface area contributed by atoms with Crippen LogP contribution in [0.15, 0.2) is 59.5 Å². The maximum Gasteiger partial charge on any atom is 0.332 e. The van der Waals surface area contributed by atoms with Crippen LogP contribution < -0.4 is 10.5 Å². The highest BCUT2D eigenvalue weighted by molar-refractivity contribution is 6.13. The van der Waals surface area contributed by atoms with Crippen LogP contribution in [0.5, 0.6) is 0 Å². The molecule has 0 radical (unpaired) electrons. The highest BCUT2D eigenvalue weighted by Gasteiger charge is 2.43. The second-order valence-corrected chi connectivity index (χ2v) is 6.24. The Hall–Kier alpha value is -3.55. The van der Waals surface area contributed by atoms with Crippen molar-refractivity contribution >= 4 is 23.3 Å². The van der Waals surface area contributed by atoms with Crippen LogP contribution in [-0.4, -0.2) is 32.3 Å². The number of aromatic nitrogens is 2. The molecule has 0 N–H and O–H groups in total. The molecule has 3 heterocycles. The molecule has 1 saturated heterocycles. The SMILES string of the molecule is CC1C(=O)N(Cc2cc(=O)n3ccccc3n2)C(=O)N1c1ccc(F)cc1. The number of fused-ring (bicyclic) bond motifs is 1. The van der Waals surface area contributed by atoms with Crippen LogP contribution in [-0.2, 0) is 11.3 Å². The van der Waals surface area contributed by atoms with Crippen LogP contribution in [0, 0.1) is 5.82 Å². The van der Waals surface area contributed by atoms with Crippen LogP contribution in [0.4, 0.5) is 14.9 Å². The predicted molar refractivity (Wildman–Crippen MR) is 95.7 cm³/mol. The van der Waals surface area contributed by atoms with Gasteiger partial charge in [-0.3, -0.25) is 23.8 Å². The number of hydrogen-bond donors (Lipinski definition) is 0. The summed E-state index contributed by atoms with van der Waals surface area (Å²) in [4.78, 5) is 44.3. The van der Waals surface area contributed by atoms with E-state index in [1.165, 1.54) is 39.6 Å². The second-order valence-electron chi connectivity index (χ2n) is 6.24. The molecule has 4 rings (SSSR count). The number of amides is 3. The Morgan fingerprint density at radius 1 is 1.07 bits per heavy atom. The van der Waals surface area contributed by atoms with E-state index in [0.29, 0.717) is 17.0 Å². The summed E-state index contributed by atoms with van der Waals surface area (Å²) in [5.74, 6) is -0.832. The number of urea groups is 1. The van der Waals surface area contributed by atoms with Crippen molar-refractivity contribution < 1.29 is 14.0 Å². The van der Waals surface area contributed by atoms with Crippen LogP contribution in [0.25, 0.3) is 5.65 Å². The van der Waals surface area contributed by atoms with Gasteiger partial charge in [0.2, 0.25) is 0 Å². The summed E-state index contributed by atoms with van der Waals surface area (Å²) < 4.78 is 14.5. The summed E-state index contributed by atoms with van der Waals surface area (Å²) in [5.41, 5.74) is 0.887. The molecular formula is C19H15FN4O3. The van der Waals surface area contributed by atoms with E-state index in [4.69, 9.17) is 0 Å². The van der Waals surface area contributed by atoms with Gasteiger partial charge >= 0.3 is 6.03 Å². The predicted octanol–water partition coefficient (Wildman–Crippen LogP) is 2.19. The maximum atomic E-state index is 13.2. The van der Waals surface area contributed by atoms with Crippen LogP contribution in [0.1, 0.15) is 12.6 Å². The first-order valence-corrected chi connectivity index (χ1v) is 8.33. The maximum absolute atomic E-state index is 13.2. The molecule has 3 amide bonds. The van der Waals surface area contributed by atoms with E-state index < -0.39 is 23.8 Å². The lowest BCUT2D eigenvalue weighted by Crippen LogP contribution is -2.34. The number of rotatable bonds is 3. The molecule has 1 aromatic carbocycles. The van der Waals surface area contributed by atoms with Gasteiger partial charge in [-0.25, -0.2) is 14.2 Å². The average molecular weight is 366 g/mol. The fraction of sp³-hybridized carbons (Fsp3) is 0.158. The van der Waals surface area contributed by atoms with Crippen molar-refractivity contribution in [2.24, 2.45) is 0 Å². The Balaban J connectivity index is 1.66. The summed E-state index contributed by atoms with van der Waals surface area (Å²) in [6.45, 7) is 1.49. The van der Waals surface area contributed by atoms with E-state index in [1.807, 2.05) is 0 Å². The van der Waals surface area contributed by atoms with Gasteiger partial charge in [0.15, 0.2) is 0 Å². The fourth-order valence-electron chi connectivity index (χ4n) is 3.15. The average Bonchev–Trinajstić information content (AvgIpc) is 2.86. The largest absolute Gasteiger partial charge is 0.332 e. The third kappa shape index (κ3) is 2.84. The van der Waals surface area contributed by atoms with E-state index in [2.05, 4.69) is 4.98 Å². The van der Waals surface area contributed by atoms with Crippen LogP contribution >= 0.6 is 0 Å². The summed E-state index contributed by atoms with van der Waals surface area (Å²) in [6.07, 6.45) is 1.60. The van der Waals surface area contributed by atoms with Crippen LogP contribution in [0.2, 0.25) is 0 Å². The van der Waals surface area contributed by atoms with E-state index in [-0.39, 0.29) is 12.1 Å². The number of carbonyl (C=O) groups excluding carboxylic acids is 2. The lowest BCUT2D eigenvalue weighted by Gasteiger charge is -2.19. The van der Waals surface area contributed by atoms with Gasteiger partial charge in [-0.05, 0) is 43.3 Å². The topological polar surface area (TPSA) is 75.0 Å². The standard InChI is InChI=1S/C19H15FN4O3/c1-12-18(26)23(19(27)24(12)15-7-5-13(20)6-8-15)11-14-10-17(25)22-9-3-2-4-16(22)21-14/h2-10,12H,11H2,1H3. The number of anilines is 1. The molecule has 1 atom stereocenters. The lowest BCUT2D eigenvalue weighted by molar-refractivity contribution is -0.127. The molecular weight excluding hydrogens is 351 g/mol. The normalized spacial score (nSPS) is 17.2. The molecule has 0 bridgehead atoms. The van der Waals surface area contributed by atoms with E-state index in [9.17, 15) is 18.8 Å². The Kier molecular flexibility index (Phi) is 3.95. The Morgan fingerprint density at radius 3 is 2.56 bits per heavy atom. The molecule has 0 spiro atoms. The lowest BCUT2D eigenvalue weighted by atomic mass is 10.2. The number of carbonyl (C=O) groups is 2. The number of pyridine rings is 1. The van der Waals surface area contributed by atoms with Gasteiger partial charge in [0.25, 0.3) is 11.5 Å². The van der Waals surface area contributed by atoms with Gasteiger partial charge in [-0.15, -0.1) is 0 Å². The minimum Gasteiger partial charge on any atom is -0.282 e. The van der Waals surface area contributed by atoms with Crippen molar-refractivity contribution in [3.8, 4) is 0 Å². The van der Waals surface area contributed by atoms with Crippen molar-refractivity contribution in [3.05, 3.63) is 76.6 Å². The second kappa shape index (κ2) is 6.31. The third-order valence-corrected chi connectivity index (χ3v) is 4.50. The summed E-state index contributed by atoms with van der Waals surface area (Å²) in [5, 5.41) is 0. The van der Waals surface area contributed by atoms with Gasteiger partial charge in [0.1, 0.15) is 17.5 Å². The van der Waals surface area contributed by atoms with Gasteiger partial charge in [0.05, 0.1) is 12.2 Å². The minimum atomic E-state index is -0.732. The Labute approximate surface area is 153 Å². The molecule has 1 aliphatic heterocycles. The zero-order valence-electron chi connectivity index (χ0n) is 14.4. The number of halogens is 1. The summed E-state index contributed by atoms with van der Waals surface area (Å²) in [6, 6.07) is 10.5. The number of nitrogens with zero attached hydrogens (tertiary/aromatic N) is 4. The zero-order chi connectivity index (χ0) is 19.1. The Bertz CT molecular complexity index is 1110. The highest BCUT2D eigenvalue weighted by Crippen LogP contribution is 2.26. The summed E-state index contributed by atoms with van der Waals surface area (Å²) >= 11 is 0. The van der Waals surface area contributed by atoms with Gasteiger partial charge in [0, 0.05) is 18.0 Å². The first-order valence-electron chi connectivity index (χ1n) is 8.33. The third-order valence-electron chi connectivity index (χ3n) is 4.50. The molecule has 3 aromatic rings. The number of benzene rings is 1. The molecule has 136 valence electrons. The van der Waals surface area contributed by atoms with E-state index in [0.717, 1.165) is 4.90 Å². The van der Waals surface area contributed by atoms with Crippen molar-refractivity contribution in [2.75, 3.05) is 4.90 Å². The molecule has 1 unspecified atom stereocenters. The first kappa shape index (κ1) is 16.9. The van der Waals surface area contributed by atoms with E-state index in [1.54, 1.807) is 31.3 Å². The minimum absolute atomic E-state index is 0.111. The summed E-state index contributed by atoms with van der Waals surface area (Å²) in [7, 11) is 0. The van der Waals surface area contributed by atoms with Crippen molar-refractivity contribution in [1.82, 2.24) is 14.3 Å². The fourth-order valence-corrected chi connectivity index (χ4v) is 3.15. The van der Waals surface area contributed by atoms with Gasteiger partial charge < -0.3 is 0 Å². The molecule has 0 aliphatic carbocycles. The monoisotopic (exact) mass is 366 g/mol. The van der Waals surface area contributed by atoms with Gasteiger partial charge in [-0.2, -0.15) is 0 Å². The van der Waals surface area contributed by atoms with Gasteiger partial charge in [-0.1, -0.05) is 6.07 Å². The molecule has 2 aromatic heterocycles. The van der Waals surface area contributed by atoms with Crippen molar-refractivity contribution in [3.63, 3.8) is 0 Å². The smallest absolute Gasteiger partial charge is 0.282 e. The Morgan fingerprint density at radius 2 is 1.81 bits per heavy atom. The molecule has 1 aliphatic rings. The van der Waals surface area contributed by atoms with Crippen LogP contribution in [0.3, 0.4) is 0 Å². The molecule has 0 saturated carbocycles. The van der Waals surface area contributed by atoms with Crippen molar-refractivity contribution in [1.29, 1.82) is 0 Å². The van der Waals surface area contributed by atoms with Crippen molar-refractivity contribution in [2.45, 2.75) is 19.5 Å². The molecule has 27 heavy (non-hydrogen) atoms.